The Hall–Kier alpha value is -1.96. The summed E-state index contributed by atoms with van der Waals surface area (Å²) in [6.07, 6.45) is 3.28. The summed E-state index contributed by atoms with van der Waals surface area (Å²) in [6, 6.07) is 12.1. The third kappa shape index (κ3) is 5.02. The van der Waals surface area contributed by atoms with Gasteiger partial charge in [-0.1, -0.05) is 53.4 Å². The molecule has 0 fully saturated rings. The summed E-state index contributed by atoms with van der Waals surface area (Å²) in [6.45, 7) is 0. The maximum absolute atomic E-state index is 11.8. The Morgan fingerprint density at radius 2 is 2.09 bits per heavy atom. The van der Waals surface area contributed by atoms with Crippen LogP contribution in [0.1, 0.15) is 11.1 Å². The third-order valence-corrected chi connectivity index (χ3v) is 5.56. The fourth-order valence-electron chi connectivity index (χ4n) is 1.73. The average molecular weight is 360 g/mol. The summed E-state index contributed by atoms with van der Waals surface area (Å²) in [7, 11) is 0. The second kappa shape index (κ2) is 8.05. The minimum Gasteiger partial charge on any atom is -0.297 e. The summed E-state index contributed by atoms with van der Waals surface area (Å²) >= 11 is 4.59. The van der Waals surface area contributed by atoms with Crippen LogP contribution < -0.4 is 5.32 Å². The molecule has 0 unspecified atom stereocenters. The van der Waals surface area contributed by atoms with Crippen LogP contribution in [0.5, 0.6) is 0 Å². The maximum Gasteiger partial charge on any atom is 0.250 e. The van der Waals surface area contributed by atoms with Gasteiger partial charge in [0.05, 0.1) is 0 Å². The van der Waals surface area contributed by atoms with Crippen molar-refractivity contribution in [3.63, 3.8) is 0 Å². The Kier molecular flexibility index (Phi) is 5.57. The van der Waals surface area contributed by atoms with Gasteiger partial charge in [0.25, 0.3) is 0 Å². The molecule has 0 atom stereocenters. The van der Waals surface area contributed by atoms with Crippen LogP contribution >= 0.6 is 34.4 Å². The van der Waals surface area contributed by atoms with Gasteiger partial charge in [-0.05, 0) is 34.0 Å². The Balaban J connectivity index is 1.51. The van der Waals surface area contributed by atoms with Gasteiger partial charge in [0.1, 0.15) is 0 Å². The number of thiophene rings is 1. The lowest BCUT2D eigenvalue weighted by Crippen LogP contribution is -2.07. The van der Waals surface area contributed by atoms with Crippen LogP contribution in [0.3, 0.4) is 0 Å². The summed E-state index contributed by atoms with van der Waals surface area (Å²) in [5.41, 5.74) is 2.25. The van der Waals surface area contributed by atoms with Gasteiger partial charge >= 0.3 is 0 Å². The van der Waals surface area contributed by atoms with Crippen molar-refractivity contribution < 1.29 is 4.79 Å². The molecule has 2 aromatic heterocycles. The molecule has 0 bridgehead atoms. The summed E-state index contributed by atoms with van der Waals surface area (Å²) < 4.78 is 0.839. The zero-order valence-corrected chi connectivity index (χ0v) is 14.5. The van der Waals surface area contributed by atoms with E-state index < -0.39 is 0 Å². The van der Waals surface area contributed by atoms with Gasteiger partial charge in [0.2, 0.25) is 11.0 Å². The first kappa shape index (κ1) is 15.9. The predicted molar refractivity (Wildman–Crippen MR) is 97.9 cm³/mol. The van der Waals surface area contributed by atoms with Gasteiger partial charge in [0, 0.05) is 11.8 Å². The standard InChI is InChI=1S/C16H13N3OS3/c20-14(7-6-13-8-9-21-10-13)17-15-18-19-16(23-15)22-11-12-4-2-1-3-5-12/h1-10H,11H2,(H,17,18,20). The fraction of sp³-hybridized carbons (Fsp3) is 0.0625. The number of anilines is 1. The second-order valence-corrected chi connectivity index (χ2v) is 7.51. The summed E-state index contributed by atoms with van der Waals surface area (Å²) in [4.78, 5) is 11.8. The molecule has 2 heterocycles. The van der Waals surface area contributed by atoms with Crippen molar-refractivity contribution in [2.75, 3.05) is 5.32 Å². The van der Waals surface area contributed by atoms with Crippen LogP contribution in [0, 0.1) is 0 Å². The van der Waals surface area contributed by atoms with Crippen LogP contribution in [0.25, 0.3) is 6.08 Å². The van der Waals surface area contributed by atoms with E-state index in [0.29, 0.717) is 5.13 Å². The Morgan fingerprint density at radius 3 is 2.87 bits per heavy atom. The Morgan fingerprint density at radius 1 is 1.22 bits per heavy atom. The molecule has 23 heavy (non-hydrogen) atoms. The quantitative estimate of drug-likeness (QED) is 0.399. The molecule has 7 heteroatoms. The largest absolute Gasteiger partial charge is 0.297 e. The molecule has 1 amide bonds. The Bertz CT molecular complexity index is 782. The number of rotatable bonds is 6. The van der Waals surface area contributed by atoms with Gasteiger partial charge in [-0.2, -0.15) is 11.3 Å². The summed E-state index contributed by atoms with van der Waals surface area (Å²) in [5.74, 6) is 0.633. The van der Waals surface area contributed by atoms with Crippen molar-refractivity contribution in [2.24, 2.45) is 0 Å². The highest BCUT2D eigenvalue weighted by atomic mass is 32.2. The van der Waals surface area contributed by atoms with Crippen molar-refractivity contribution in [1.82, 2.24) is 10.2 Å². The lowest BCUT2D eigenvalue weighted by molar-refractivity contribution is -0.111. The first-order chi connectivity index (χ1) is 11.3. The molecule has 0 saturated carbocycles. The number of nitrogens with one attached hydrogen (secondary N) is 1. The predicted octanol–water partition coefficient (Wildman–Crippen LogP) is 4.54. The number of hydrogen-bond donors (Lipinski definition) is 1. The highest BCUT2D eigenvalue weighted by molar-refractivity contribution is 8.00. The number of nitrogens with zero attached hydrogens (tertiary/aromatic N) is 2. The molecule has 116 valence electrons. The fourth-order valence-corrected chi connectivity index (χ4v) is 4.07. The molecular weight excluding hydrogens is 346 g/mol. The zero-order valence-electron chi connectivity index (χ0n) is 12.0. The van der Waals surface area contributed by atoms with Gasteiger partial charge in [0.15, 0.2) is 4.34 Å². The van der Waals surface area contributed by atoms with Crippen molar-refractivity contribution in [3.05, 3.63) is 64.4 Å². The van der Waals surface area contributed by atoms with Crippen LogP contribution in [-0.4, -0.2) is 16.1 Å². The molecule has 0 spiro atoms. The smallest absolute Gasteiger partial charge is 0.250 e. The molecule has 0 aliphatic carbocycles. The first-order valence-corrected chi connectivity index (χ1v) is 9.55. The minimum atomic E-state index is -0.202. The van der Waals surface area contributed by atoms with Crippen molar-refractivity contribution in [1.29, 1.82) is 0 Å². The molecule has 1 aromatic carbocycles. The number of carbonyl (C=O) groups is 1. The van der Waals surface area contributed by atoms with E-state index in [-0.39, 0.29) is 5.91 Å². The zero-order chi connectivity index (χ0) is 15.9. The van der Waals surface area contributed by atoms with E-state index in [9.17, 15) is 4.79 Å². The molecule has 4 nitrogen and oxygen atoms in total. The van der Waals surface area contributed by atoms with Crippen molar-refractivity contribution >= 4 is 51.6 Å². The second-order valence-electron chi connectivity index (χ2n) is 4.53. The Labute approximate surface area is 146 Å². The van der Waals surface area contributed by atoms with Crippen LogP contribution in [0.15, 0.2) is 57.6 Å². The molecule has 3 rings (SSSR count). The van der Waals surface area contributed by atoms with Gasteiger partial charge < -0.3 is 0 Å². The number of amides is 1. The number of benzene rings is 1. The molecule has 3 aromatic rings. The molecule has 0 aliphatic heterocycles. The van der Waals surface area contributed by atoms with Gasteiger partial charge in [-0.25, -0.2) is 0 Å². The summed E-state index contributed by atoms with van der Waals surface area (Å²) in [5, 5.41) is 15.3. The van der Waals surface area contributed by atoms with Gasteiger partial charge in [-0.15, -0.1) is 10.2 Å². The molecule has 1 N–H and O–H groups in total. The highest BCUT2D eigenvalue weighted by Crippen LogP contribution is 2.28. The SMILES string of the molecule is O=C(C=Cc1ccsc1)Nc1nnc(SCc2ccccc2)s1. The molecule has 0 saturated heterocycles. The number of aromatic nitrogens is 2. The lowest BCUT2D eigenvalue weighted by atomic mass is 10.2. The van der Waals surface area contributed by atoms with E-state index in [2.05, 4.69) is 27.6 Å². The normalized spacial score (nSPS) is 11.0. The third-order valence-electron chi connectivity index (χ3n) is 2.81. The highest BCUT2D eigenvalue weighted by Gasteiger charge is 2.07. The van der Waals surface area contributed by atoms with E-state index in [1.807, 2.05) is 35.0 Å². The number of hydrogen-bond acceptors (Lipinski definition) is 6. The molecule has 0 radical (unpaired) electrons. The van der Waals surface area contributed by atoms with E-state index in [1.54, 1.807) is 29.2 Å². The maximum atomic E-state index is 11.8. The van der Waals surface area contributed by atoms with E-state index in [4.69, 9.17) is 0 Å². The van der Waals surface area contributed by atoms with E-state index in [1.165, 1.54) is 23.0 Å². The van der Waals surface area contributed by atoms with E-state index >= 15 is 0 Å². The van der Waals surface area contributed by atoms with Crippen molar-refractivity contribution in [2.45, 2.75) is 10.1 Å². The van der Waals surface area contributed by atoms with Gasteiger partial charge in [-0.3, -0.25) is 10.1 Å². The molecular formula is C16H13N3OS3. The van der Waals surface area contributed by atoms with E-state index in [0.717, 1.165) is 15.7 Å². The number of carbonyl (C=O) groups excluding carboxylic acids is 1. The number of thioether (sulfide) groups is 1. The average Bonchev–Trinajstić information content (AvgIpc) is 3.24. The monoisotopic (exact) mass is 359 g/mol. The minimum absolute atomic E-state index is 0.202. The van der Waals surface area contributed by atoms with Crippen LogP contribution in [0.2, 0.25) is 0 Å². The lowest BCUT2D eigenvalue weighted by Gasteiger charge is -1.97. The molecule has 0 aliphatic rings. The van der Waals surface area contributed by atoms with Crippen LogP contribution in [-0.2, 0) is 10.5 Å². The van der Waals surface area contributed by atoms with Crippen LogP contribution in [0.4, 0.5) is 5.13 Å². The topological polar surface area (TPSA) is 54.9 Å². The van der Waals surface area contributed by atoms with Crippen molar-refractivity contribution in [3.8, 4) is 0 Å². The first-order valence-electron chi connectivity index (χ1n) is 6.81.